The minimum Gasteiger partial charge on any atom is -0.493 e. The van der Waals surface area contributed by atoms with Gasteiger partial charge in [0.05, 0.1) is 14.2 Å². The first-order valence-corrected chi connectivity index (χ1v) is 11.9. The Kier molecular flexibility index (Phi) is 9.72. The lowest BCUT2D eigenvalue weighted by molar-refractivity contribution is -0.141. The molecule has 0 radical (unpaired) electrons. The number of amides is 2. The third kappa shape index (κ3) is 7.34. The number of rotatable bonds is 12. The van der Waals surface area contributed by atoms with Crippen LogP contribution in [0.1, 0.15) is 30.0 Å². The molecule has 6 heteroatoms. The van der Waals surface area contributed by atoms with Crippen LogP contribution in [0.5, 0.6) is 11.5 Å². The second kappa shape index (κ2) is 13.2. The first-order valence-electron chi connectivity index (χ1n) is 11.9. The topological polar surface area (TPSA) is 67.9 Å². The van der Waals surface area contributed by atoms with Crippen molar-refractivity contribution < 1.29 is 19.1 Å². The van der Waals surface area contributed by atoms with Gasteiger partial charge in [-0.25, -0.2) is 0 Å². The highest BCUT2D eigenvalue weighted by Crippen LogP contribution is 2.27. The highest BCUT2D eigenvalue weighted by Gasteiger charge is 2.29. The highest BCUT2D eigenvalue weighted by molar-refractivity contribution is 5.88. The molecule has 0 heterocycles. The SMILES string of the molecule is CCC(=O)N(Cc1ccccc1)C(Cc1ccccc1)C(=O)NCCc1ccc(OC)c(OC)c1. The Morgan fingerprint density at radius 2 is 1.46 bits per heavy atom. The molecule has 3 aromatic carbocycles. The molecule has 0 spiro atoms. The van der Waals surface area contributed by atoms with Crippen LogP contribution in [0.25, 0.3) is 0 Å². The number of hydrogen-bond acceptors (Lipinski definition) is 4. The van der Waals surface area contributed by atoms with Crippen molar-refractivity contribution >= 4 is 11.8 Å². The Morgan fingerprint density at radius 3 is 2.06 bits per heavy atom. The van der Waals surface area contributed by atoms with Gasteiger partial charge in [0.1, 0.15) is 6.04 Å². The van der Waals surface area contributed by atoms with Crippen molar-refractivity contribution in [1.29, 1.82) is 0 Å². The average Bonchev–Trinajstić information content (AvgIpc) is 2.91. The second-order valence-electron chi connectivity index (χ2n) is 8.30. The summed E-state index contributed by atoms with van der Waals surface area (Å²) >= 11 is 0. The zero-order chi connectivity index (χ0) is 25.0. The van der Waals surface area contributed by atoms with E-state index in [2.05, 4.69) is 5.32 Å². The standard InChI is InChI=1S/C29H34N2O4/c1-4-28(32)31(21-24-13-9-6-10-14-24)25(19-22-11-7-5-8-12-22)29(33)30-18-17-23-15-16-26(34-2)27(20-23)35-3/h5-16,20,25H,4,17-19,21H2,1-3H3,(H,30,33). The van der Waals surface area contributed by atoms with Gasteiger partial charge in [-0.3, -0.25) is 9.59 Å². The fraction of sp³-hybridized carbons (Fsp3) is 0.310. The first kappa shape index (κ1) is 25.8. The molecule has 0 fully saturated rings. The zero-order valence-electron chi connectivity index (χ0n) is 20.7. The van der Waals surface area contributed by atoms with Crippen LogP contribution in [-0.2, 0) is 29.0 Å². The molecule has 2 amide bonds. The largest absolute Gasteiger partial charge is 0.493 e. The van der Waals surface area contributed by atoms with Gasteiger partial charge in [0.2, 0.25) is 11.8 Å². The third-order valence-electron chi connectivity index (χ3n) is 5.93. The third-order valence-corrected chi connectivity index (χ3v) is 5.93. The number of ether oxygens (including phenoxy) is 2. The summed E-state index contributed by atoms with van der Waals surface area (Å²) in [7, 11) is 3.20. The van der Waals surface area contributed by atoms with Crippen LogP contribution < -0.4 is 14.8 Å². The number of nitrogens with zero attached hydrogens (tertiary/aromatic N) is 1. The number of methoxy groups -OCH3 is 2. The van der Waals surface area contributed by atoms with E-state index in [-0.39, 0.29) is 11.8 Å². The molecule has 0 aliphatic rings. The lowest BCUT2D eigenvalue weighted by atomic mass is 10.0. The Bertz CT molecular complexity index is 1090. The van der Waals surface area contributed by atoms with Crippen molar-refractivity contribution in [3.05, 3.63) is 95.6 Å². The number of carbonyl (C=O) groups excluding carboxylic acids is 2. The van der Waals surface area contributed by atoms with Crippen LogP contribution in [-0.4, -0.2) is 43.5 Å². The molecule has 3 rings (SSSR count). The fourth-order valence-electron chi connectivity index (χ4n) is 4.02. The molecule has 35 heavy (non-hydrogen) atoms. The zero-order valence-corrected chi connectivity index (χ0v) is 20.7. The molecule has 184 valence electrons. The van der Waals surface area contributed by atoms with Crippen molar-refractivity contribution in [3.8, 4) is 11.5 Å². The van der Waals surface area contributed by atoms with E-state index in [1.807, 2.05) is 85.8 Å². The van der Waals surface area contributed by atoms with E-state index < -0.39 is 6.04 Å². The smallest absolute Gasteiger partial charge is 0.243 e. The Labute approximate surface area is 207 Å². The van der Waals surface area contributed by atoms with Crippen molar-refractivity contribution in [2.45, 2.75) is 38.8 Å². The molecule has 0 aliphatic heterocycles. The molecule has 1 N–H and O–H groups in total. The highest BCUT2D eigenvalue weighted by atomic mass is 16.5. The summed E-state index contributed by atoms with van der Waals surface area (Å²) in [4.78, 5) is 28.2. The van der Waals surface area contributed by atoms with Gasteiger partial charge in [0.15, 0.2) is 11.5 Å². The number of carbonyl (C=O) groups is 2. The van der Waals surface area contributed by atoms with Gasteiger partial charge in [-0.1, -0.05) is 73.7 Å². The maximum Gasteiger partial charge on any atom is 0.243 e. The number of benzene rings is 3. The molecule has 0 saturated carbocycles. The van der Waals surface area contributed by atoms with Crippen LogP contribution in [0.15, 0.2) is 78.9 Å². The molecule has 1 unspecified atom stereocenters. The number of nitrogens with one attached hydrogen (secondary N) is 1. The fourth-order valence-corrected chi connectivity index (χ4v) is 4.02. The van der Waals surface area contributed by atoms with Crippen LogP contribution in [0, 0.1) is 0 Å². The molecular weight excluding hydrogens is 440 g/mol. The van der Waals surface area contributed by atoms with Crippen molar-refractivity contribution in [2.75, 3.05) is 20.8 Å². The lowest BCUT2D eigenvalue weighted by Gasteiger charge is -2.31. The predicted molar refractivity (Wildman–Crippen MR) is 137 cm³/mol. The van der Waals surface area contributed by atoms with E-state index in [4.69, 9.17) is 9.47 Å². The molecule has 3 aromatic rings. The molecule has 0 aliphatic carbocycles. The number of hydrogen-bond donors (Lipinski definition) is 1. The first-order chi connectivity index (χ1) is 17.0. The quantitative estimate of drug-likeness (QED) is 0.422. The van der Waals surface area contributed by atoms with E-state index >= 15 is 0 Å². The van der Waals surface area contributed by atoms with Crippen molar-refractivity contribution in [2.24, 2.45) is 0 Å². The van der Waals surface area contributed by atoms with Gasteiger partial charge in [-0.05, 0) is 35.2 Å². The van der Waals surface area contributed by atoms with E-state index in [1.54, 1.807) is 19.1 Å². The van der Waals surface area contributed by atoms with Crippen LogP contribution in [0.3, 0.4) is 0 Å². The van der Waals surface area contributed by atoms with Gasteiger partial charge >= 0.3 is 0 Å². The summed E-state index contributed by atoms with van der Waals surface area (Å²) in [6.07, 6.45) is 1.41. The second-order valence-corrected chi connectivity index (χ2v) is 8.30. The van der Waals surface area contributed by atoms with Gasteiger partial charge in [-0.2, -0.15) is 0 Å². The maximum atomic E-state index is 13.5. The maximum absolute atomic E-state index is 13.5. The molecule has 1 atom stereocenters. The average molecular weight is 475 g/mol. The normalized spacial score (nSPS) is 11.4. The van der Waals surface area contributed by atoms with E-state index in [1.165, 1.54) is 0 Å². The lowest BCUT2D eigenvalue weighted by Crippen LogP contribution is -2.50. The van der Waals surface area contributed by atoms with Crippen molar-refractivity contribution in [1.82, 2.24) is 10.2 Å². The summed E-state index contributed by atoms with van der Waals surface area (Å²) in [6, 6.07) is 24.7. The predicted octanol–water partition coefficient (Wildman–Crippen LogP) is 4.41. The van der Waals surface area contributed by atoms with Crippen LogP contribution in [0.2, 0.25) is 0 Å². The summed E-state index contributed by atoms with van der Waals surface area (Å²) in [5.41, 5.74) is 3.02. The summed E-state index contributed by atoms with van der Waals surface area (Å²) in [5, 5.41) is 3.06. The van der Waals surface area contributed by atoms with Gasteiger partial charge in [0.25, 0.3) is 0 Å². The summed E-state index contributed by atoms with van der Waals surface area (Å²) in [6.45, 7) is 2.65. The molecule has 0 bridgehead atoms. The van der Waals surface area contributed by atoms with E-state index in [0.717, 1.165) is 16.7 Å². The van der Waals surface area contributed by atoms with Gasteiger partial charge < -0.3 is 19.7 Å². The van der Waals surface area contributed by atoms with Crippen molar-refractivity contribution in [3.63, 3.8) is 0 Å². The van der Waals surface area contributed by atoms with Gasteiger partial charge in [-0.15, -0.1) is 0 Å². The molecule has 6 nitrogen and oxygen atoms in total. The molecule has 0 saturated heterocycles. The van der Waals surface area contributed by atoms with E-state index in [0.29, 0.717) is 43.9 Å². The minimum absolute atomic E-state index is 0.0511. The Morgan fingerprint density at radius 1 is 0.829 bits per heavy atom. The van der Waals surface area contributed by atoms with Crippen LogP contribution >= 0.6 is 0 Å². The Hall–Kier alpha value is -3.80. The van der Waals surface area contributed by atoms with Gasteiger partial charge in [0, 0.05) is 25.9 Å². The Balaban J connectivity index is 1.77. The monoisotopic (exact) mass is 474 g/mol. The summed E-state index contributed by atoms with van der Waals surface area (Å²) < 4.78 is 10.7. The summed E-state index contributed by atoms with van der Waals surface area (Å²) in [5.74, 6) is 1.11. The van der Waals surface area contributed by atoms with E-state index in [9.17, 15) is 9.59 Å². The molecule has 0 aromatic heterocycles. The molecular formula is C29H34N2O4. The van der Waals surface area contributed by atoms with Crippen LogP contribution in [0.4, 0.5) is 0 Å². The minimum atomic E-state index is -0.615.